The van der Waals surface area contributed by atoms with Crippen molar-refractivity contribution in [2.75, 3.05) is 0 Å². The van der Waals surface area contributed by atoms with Crippen molar-refractivity contribution in [2.24, 2.45) is 0 Å². The van der Waals surface area contributed by atoms with Gasteiger partial charge in [-0.15, -0.1) is 0 Å². The van der Waals surface area contributed by atoms with E-state index in [0.717, 1.165) is 0 Å². The minimum atomic E-state index is -1.10. The molecule has 94 valence electrons. The molecule has 0 saturated carbocycles. The molecule has 0 aliphatic rings. The second kappa shape index (κ2) is 5.70. The third kappa shape index (κ3) is 2.62. The standard InChI is InChI=1S/C13H8Br2ClFO/c14-9-5-1-3-7(11(9)16)13(18)8-4-2-6-10(15)12(8)17/h1-6,13,18H. The Balaban J connectivity index is 2.51. The molecule has 1 unspecified atom stereocenters. The fourth-order valence-corrected chi connectivity index (χ4v) is 2.62. The van der Waals surface area contributed by atoms with E-state index in [1.807, 2.05) is 0 Å². The Kier molecular flexibility index (Phi) is 4.43. The number of benzene rings is 2. The molecule has 0 amide bonds. The number of aliphatic hydroxyl groups is 1. The van der Waals surface area contributed by atoms with Gasteiger partial charge in [0.1, 0.15) is 11.9 Å². The zero-order chi connectivity index (χ0) is 13.3. The number of halogens is 4. The van der Waals surface area contributed by atoms with E-state index in [-0.39, 0.29) is 5.56 Å². The van der Waals surface area contributed by atoms with Crippen LogP contribution in [0.1, 0.15) is 17.2 Å². The highest BCUT2D eigenvalue weighted by atomic mass is 79.9. The molecule has 1 nitrogen and oxygen atoms in total. The lowest BCUT2D eigenvalue weighted by Crippen LogP contribution is -2.04. The van der Waals surface area contributed by atoms with Gasteiger partial charge in [0.05, 0.1) is 9.50 Å². The Hall–Kier alpha value is -0.420. The highest BCUT2D eigenvalue weighted by molar-refractivity contribution is 9.10. The van der Waals surface area contributed by atoms with Gasteiger partial charge in [-0.1, -0.05) is 35.9 Å². The van der Waals surface area contributed by atoms with Gasteiger partial charge >= 0.3 is 0 Å². The Morgan fingerprint density at radius 1 is 1.00 bits per heavy atom. The van der Waals surface area contributed by atoms with Crippen molar-refractivity contribution in [3.8, 4) is 0 Å². The molecule has 0 aromatic heterocycles. The Bertz CT molecular complexity index is 538. The summed E-state index contributed by atoms with van der Waals surface area (Å²) in [4.78, 5) is 0. The maximum absolute atomic E-state index is 13.9. The average Bonchev–Trinajstić information content (AvgIpc) is 2.35. The molecule has 5 heteroatoms. The van der Waals surface area contributed by atoms with E-state index >= 15 is 0 Å². The summed E-state index contributed by atoms with van der Waals surface area (Å²) in [5.41, 5.74) is 0.646. The largest absolute Gasteiger partial charge is 0.383 e. The lowest BCUT2D eigenvalue weighted by molar-refractivity contribution is 0.215. The molecule has 2 rings (SSSR count). The van der Waals surface area contributed by atoms with Gasteiger partial charge < -0.3 is 5.11 Å². The van der Waals surface area contributed by atoms with Crippen LogP contribution >= 0.6 is 43.5 Å². The lowest BCUT2D eigenvalue weighted by Gasteiger charge is -2.15. The summed E-state index contributed by atoms with van der Waals surface area (Å²) in [6.07, 6.45) is -1.10. The van der Waals surface area contributed by atoms with Crippen LogP contribution in [0.5, 0.6) is 0 Å². The quantitative estimate of drug-likeness (QED) is 0.753. The summed E-state index contributed by atoms with van der Waals surface area (Å²) in [7, 11) is 0. The molecule has 0 bridgehead atoms. The molecule has 2 aromatic carbocycles. The minimum Gasteiger partial charge on any atom is -0.383 e. The van der Waals surface area contributed by atoms with Gasteiger partial charge in [0.25, 0.3) is 0 Å². The zero-order valence-electron chi connectivity index (χ0n) is 9.00. The van der Waals surface area contributed by atoms with E-state index in [1.165, 1.54) is 6.07 Å². The van der Waals surface area contributed by atoms with E-state index in [0.29, 0.717) is 19.5 Å². The first-order valence-electron chi connectivity index (χ1n) is 5.08. The Labute approximate surface area is 126 Å². The maximum atomic E-state index is 13.9. The van der Waals surface area contributed by atoms with E-state index in [9.17, 15) is 9.50 Å². The first-order chi connectivity index (χ1) is 8.52. The topological polar surface area (TPSA) is 20.2 Å². The normalized spacial score (nSPS) is 12.5. The Morgan fingerprint density at radius 2 is 1.56 bits per heavy atom. The molecule has 1 N–H and O–H groups in total. The summed E-state index contributed by atoms with van der Waals surface area (Å²) in [6.45, 7) is 0. The van der Waals surface area contributed by atoms with Crippen LogP contribution in [0.15, 0.2) is 45.3 Å². The van der Waals surface area contributed by atoms with Crippen LogP contribution in [0, 0.1) is 5.82 Å². The van der Waals surface area contributed by atoms with E-state index in [4.69, 9.17) is 11.6 Å². The second-order valence-electron chi connectivity index (χ2n) is 3.69. The third-order valence-corrected chi connectivity index (χ3v) is 4.48. The summed E-state index contributed by atoms with van der Waals surface area (Å²) in [6, 6.07) is 9.94. The SMILES string of the molecule is OC(c1cccc(Br)c1F)c1cccc(Br)c1Cl. The number of rotatable bonds is 2. The molecule has 0 fully saturated rings. The van der Waals surface area contributed by atoms with Crippen LogP contribution in [0.25, 0.3) is 0 Å². The van der Waals surface area contributed by atoms with Crippen molar-refractivity contribution in [1.82, 2.24) is 0 Å². The van der Waals surface area contributed by atoms with Crippen LogP contribution in [-0.2, 0) is 0 Å². The Morgan fingerprint density at radius 3 is 2.22 bits per heavy atom. The summed E-state index contributed by atoms with van der Waals surface area (Å²) in [5, 5.41) is 10.6. The van der Waals surface area contributed by atoms with Gasteiger partial charge in [0, 0.05) is 15.6 Å². The van der Waals surface area contributed by atoms with Crippen molar-refractivity contribution in [3.05, 3.63) is 67.3 Å². The molecule has 0 aliphatic heterocycles. The van der Waals surface area contributed by atoms with Crippen LogP contribution in [0.2, 0.25) is 5.02 Å². The fourth-order valence-electron chi connectivity index (χ4n) is 1.63. The van der Waals surface area contributed by atoms with Gasteiger partial charge in [-0.3, -0.25) is 0 Å². The van der Waals surface area contributed by atoms with Crippen molar-refractivity contribution in [2.45, 2.75) is 6.10 Å². The van der Waals surface area contributed by atoms with Crippen molar-refractivity contribution in [1.29, 1.82) is 0 Å². The molecule has 0 heterocycles. The fraction of sp³-hybridized carbons (Fsp3) is 0.0769. The second-order valence-corrected chi connectivity index (χ2v) is 5.78. The van der Waals surface area contributed by atoms with E-state index in [2.05, 4.69) is 31.9 Å². The summed E-state index contributed by atoms with van der Waals surface area (Å²) in [5.74, 6) is -0.485. The molecular weight excluding hydrogens is 386 g/mol. The van der Waals surface area contributed by atoms with E-state index in [1.54, 1.807) is 30.3 Å². The van der Waals surface area contributed by atoms with Gasteiger partial charge in [-0.25, -0.2) is 4.39 Å². The van der Waals surface area contributed by atoms with Crippen LogP contribution in [0.3, 0.4) is 0 Å². The molecular formula is C13H8Br2ClFO. The van der Waals surface area contributed by atoms with Gasteiger partial charge in [0.2, 0.25) is 0 Å². The number of aliphatic hydroxyl groups excluding tert-OH is 1. The molecule has 2 aromatic rings. The highest BCUT2D eigenvalue weighted by Crippen LogP contribution is 2.35. The molecule has 0 aliphatic carbocycles. The van der Waals surface area contributed by atoms with Crippen LogP contribution in [0.4, 0.5) is 4.39 Å². The predicted octanol–water partition coefficient (Wildman–Crippen LogP) is 5.09. The molecule has 18 heavy (non-hydrogen) atoms. The average molecular weight is 394 g/mol. The monoisotopic (exact) mass is 392 g/mol. The number of hydrogen-bond donors (Lipinski definition) is 1. The minimum absolute atomic E-state index is 0.185. The molecule has 0 radical (unpaired) electrons. The predicted molar refractivity (Wildman–Crippen MR) is 77.3 cm³/mol. The van der Waals surface area contributed by atoms with Gasteiger partial charge in [-0.05, 0) is 44.0 Å². The molecule has 0 spiro atoms. The van der Waals surface area contributed by atoms with Crippen molar-refractivity contribution in [3.63, 3.8) is 0 Å². The lowest BCUT2D eigenvalue weighted by atomic mass is 10.0. The van der Waals surface area contributed by atoms with Crippen LogP contribution in [-0.4, -0.2) is 5.11 Å². The molecule has 0 saturated heterocycles. The zero-order valence-corrected chi connectivity index (χ0v) is 12.9. The summed E-state index contributed by atoms with van der Waals surface area (Å²) >= 11 is 12.5. The van der Waals surface area contributed by atoms with Crippen molar-refractivity contribution >= 4 is 43.5 Å². The van der Waals surface area contributed by atoms with E-state index < -0.39 is 11.9 Å². The van der Waals surface area contributed by atoms with Gasteiger partial charge in [0.15, 0.2) is 0 Å². The summed E-state index contributed by atoms with van der Waals surface area (Å²) < 4.78 is 14.9. The maximum Gasteiger partial charge on any atom is 0.143 e. The first-order valence-corrected chi connectivity index (χ1v) is 7.04. The smallest absolute Gasteiger partial charge is 0.143 e. The molecule has 1 atom stereocenters. The van der Waals surface area contributed by atoms with Crippen molar-refractivity contribution < 1.29 is 9.50 Å². The first kappa shape index (κ1) is 14.0. The highest BCUT2D eigenvalue weighted by Gasteiger charge is 2.19. The number of hydrogen-bond acceptors (Lipinski definition) is 1. The third-order valence-electron chi connectivity index (χ3n) is 2.55. The van der Waals surface area contributed by atoms with Crippen LogP contribution < -0.4 is 0 Å². The van der Waals surface area contributed by atoms with Gasteiger partial charge in [-0.2, -0.15) is 0 Å².